The van der Waals surface area contributed by atoms with Crippen molar-refractivity contribution in [2.75, 3.05) is 0 Å². The molecule has 5 nitrogen and oxygen atoms in total. The van der Waals surface area contributed by atoms with E-state index in [9.17, 15) is 17.6 Å². The van der Waals surface area contributed by atoms with Gasteiger partial charge in [0.2, 0.25) is 5.76 Å². The van der Waals surface area contributed by atoms with Crippen LogP contribution in [0.4, 0.5) is 4.39 Å². The number of rotatable bonds is 4. The monoisotopic (exact) mass is 298 g/mol. The summed E-state index contributed by atoms with van der Waals surface area (Å²) in [6, 6.07) is 5.62. The van der Waals surface area contributed by atoms with Gasteiger partial charge in [0.1, 0.15) is 11.6 Å². The molecule has 7 heteroatoms. The topological polar surface area (TPSA) is 84.6 Å². The maximum atomic E-state index is 12.8. The molecule has 0 atom stereocenters. The first-order valence-corrected chi connectivity index (χ1v) is 7.26. The highest BCUT2D eigenvalue weighted by molar-refractivity contribution is 7.90. The molecule has 1 heterocycles. The molecule has 0 fully saturated rings. The summed E-state index contributed by atoms with van der Waals surface area (Å²) in [5.41, 5.74) is 0.270. The zero-order valence-corrected chi connectivity index (χ0v) is 11.3. The minimum atomic E-state index is -3.68. The molecule has 0 aliphatic rings. The van der Waals surface area contributed by atoms with Crippen LogP contribution in [0.15, 0.2) is 39.6 Å². The molecule has 0 amide bonds. The van der Waals surface area contributed by atoms with E-state index >= 15 is 0 Å². The van der Waals surface area contributed by atoms with Crippen molar-refractivity contribution in [1.29, 1.82) is 0 Å². The van der Waals surface area contributed by atoms with Crippen LogP contribution in [0.25, 0.3) is 0 Å². The Morgan fingerprint density at radius 3 is 2.40 bits per heavy atom. The average Bonchev–Trinajstić information content (AvgIpc) is 2.71. The van der Waals surface area contributed by atoms with E-state index in [2.05, 4.69) is 0 Å². The zero-order chi connectivity index (χ0) is 14.9. The van der Waals surface area contributed by atoms with Crippen LogP contribution in [-0.4, -0.2) is 19.5 Å². The Bertz CT molecular complexity index is 744. The molecular formula is C13H11FO5S. The van der Waals surface area contributed by atoms with E-state index in [1.807, 2.05) is 0 Å². The molecule has 0 saturated heterocycles. The number of furan rings is 1. The molecule has 0 spiro atoms. The molecule has 0 aliphatic carbocycles. The number of carbonyl (C=O) groups is 1. The molecule has 0 bridgehead atoms. The maximum Gasteiger partial charge on any atom is 0.371 e. The highest BCUT2D eigenvalue weighted by Gasteiger charge is 2.21. The van der Waals surface area contributed by atoms with Crippen LogP contribution in [0.2, 0.25) is 0 Å². The Hall–Kier alpha value is -2.15. The van der Waals surface area contributed by atoms with Gasteiger partial charge in [0.25, 0.3) is 0 Å². The highest BCUT2D eigenvalue weighted by atomic mass is 32.2. The van der Waals surface area contributed by atoms with Crippen molar-refractivity contribution in [1.82, 2.24) is 0 Å². The van der Waals surface area contributed by atoms with Crippen molar-refractivity contribution >= 4 is 15.8 Å². The van der Waals surface area contributed by atoms with Gasteiger partial charge in [0, 0.05) is 5.56 Å². The van der Waals surface area contributed by atoms with Gasteiger partial charge in [-0.05, 0) is 37.3 Å². The van der Waals surface area contributed by atoms with Crippen molar-refractivity contribution in [2.24, 2.45) is 0 Å². The van der Waals surface area contributed by atoms with Gasteiger partial charge in [0.15, 0.2) is 9.84 Å². The summed E-state index contributed by atoms with van der Waals surface area (Å²) in [4.78, 5) is 10.7. The third-order valence-corrected chi connectivity index (χ3v) is 4.43. The predicted molar refractivity (Wildman–Crippen MR) is 67.7 cm³/mol. The third-order valence-electron chi connectivity index (χ3n) is 2.75. The lowest BCUT2D eigenvalue weighted by molar-refractivity contribution is 0.0661. The molecule has 1 aromatic carbocycles. The van der Waals surface area contributed by atoms with E-state index in [1.54, 1.807) is 0 Å². The summed E-state index contributed by atoms with van der Waals surface area (Å²) in [6.45, 7) is 1.49. The fraction of sp³-hybridized carbons (Fsp3) is 0.154. The van der Waals surface area contributed by atoms with E-state index < -0.39 is 27.4 Å². The van der Waals surface area contributed by atoms with Gasteiger partial charge in [-0.15, -0.1) is 0 Å². The van der Waals surface area contributed by atoms with Gasteiger partial charge in [-0.1, -0.05) is 0 Å². The quantitative estimate of drug-likeness (QED) is 0.876. The Morgan fingerprint density at radius 1 is 1.30 bits per heavy atom. The largest absolute Gasteiger partial charge is 0.475 e. The molecule has 1 aromatic heterocycles. The van der Waals surface area contributed by atoms with E-state index in [4.69, 9.17) is 9.52 Å². The van der Waals surface area contributed by atoms with Crippen LogP contribution in [0.1, 0.15) is 21.9 Å². The fourth-order valence-electron chi connectivity index (χ4n) is 1.70. The van der Waals surface area contributed by atoms with Crippen molar-refractivity contribution < 1.29 is 27.1 Å². The number of halogens is 1. The molecule has 20 heavy (non-hydrogen) atoms. The summed E-state index contributed by atoms with van der Waals surface area (Å²) in [5, 5.41) is 8.78. The van der Waals surface area contributed by atoms with Gasteiger partial charge in [-0.2, -0.15) is 0 Å². The number of benzene rings is 1. The first kappa shape index (κ1) is 14.3. The Kier molecular flexibility index (Phi) is 3.63. The SMILES string of the molecule is Cc1oc(C(=O)O)cc1CS(=O)(=O)c1ccc(F)cc1. The number of carboxylic acids is 1. The summed E-state index contributed by atoms with van der Waals surface area (Å²) in [7, 11) is -3.68. The number of hydrogen-bond donors (Lipinski definition) is 1. The maximum absolute atomic E-state index is 12.8. The standard InChI is InChI=1S/C13H11FO5S/c1-8-9(6-12(19-8)13(15)16)7-20(17,18)11-4-2-10(14)3-5-11/h2-6H,7H2,1H3,(H,15,16). The number of sulfone groups is 1. The first-order valence-electron chi connectivity index (χ1n) is 5.60. The number of aryl methyl sites for hydroxylation is 1. The second-order valence-corrected chi connectivity index (χ2v) is 6.20. The predicted octanol–water partition coefficient (Wildman–Crippen LogP) is 2.40. The van der Waals surface area contributed by atoms with Crippen molar-refractivity contribution in [3.8, 4) is 0 Å². The lowest BCUT2D eigenvalue weighted by Crippen LogP contribution is -2.05. The van der Waals surface area contributed by atoms with Crippen LogP contribution in [-0.2, 0) is 15.6 Å². The summed E-state index contributed by atoms with van der Waals surface area (Å²) < 4.78 is 42.0. The Balaban J connectivity index is 2.33. The molecule has 0 unspecified atom stereocenters. The smallest absolute Gasteiger partial charge is 0.371 e. The van der Waals surface area contributed by atoms with Gasteiger partial charge in [0.05, 0.1) is 10.6 Å². The number of hydrogen-bond acceptors (Lipinski definition) is 4. The Labute approximate surface area is 114 Å². The fourth-order valence-corrected chi connectivity index (χ4v) is 3.11. The average molecular weight is 298 g/mol. The second-order valence-electron chi connectivity index (χ2n) is 4.21. The van der Waals surface area contributed by atoms with Crippen LogP contribution in [0.5, 0.6) is 0 Å². The van der Waals surface area contributed by atoms with Crippen LogP contribution in [0.3, 0.4) is 0 Å². The van der Waals surface area contributed by atoms with Crippen molar-refractivity contribution in [3.05, 3.63) is 53.2 Å². The molecule has 106 valence electrons. The summed E-state index contributed by atoms with van der Waals surface area (Å²) in [5.74, 6) is -2.28. The number of carboxylic acid groups (broad SMARTS) is 1. The molecule has 1 N–H and O–H groups in total. The minimum absolute atomic E-state index is 0.0311. The van der Waals surface area contributed by atoms with Crippen molar-refractivity contribution in [3.63, 3.8) is 0 Å². The Morgan fingerprint density at radius 2 is 1.90 bits per heavy atom. The van der Waals surface area contributed by atoms with Crippen LogP contribution >= 0.6 is 0 Å². The molecule has 2 aromatic rings. The van der Waals surface area contributed by atoms with Gasteiger partial charge in [-0.25, -0.2) is 17.6 Å². The van der Waals surface area contributed by atoms with Gasteiger partial charge in [-0.3, -0.25) is 0 Å². The van der Waals surface area contributed by atoms with E-state index in [0.29, 0.717) is 0 Å². The third kappa shape index (κ3) is 2.88. The highest BCUT2D eigenvalue weighted by Crippen LogP contribution is 2.22. The number of aromatic carboxylic acids is 1. The lowest BCUT2D eigenvalue weighted by atomic mass is 10.3. The van der Waals surface area contributed by atoms with E-state index in [1.165, 1.54) is 13.0 Å². The minimum Gasteiger partial charge on any atom is -0.475 e. The normalized spacial score (nSPS) is 11.5. The van der Waals surface area contributed by atoms with E-state index in [0.717, 1.165) is 24.3 Å². The molecule has 0 saturated carbocycles. The molecular weight excluding hydrogens is 287 g/mol. The zero-order valence-electron chi connectivity index (χ0n) is 10.5. The molecule has 0 aliphatic heterocycles. The summed E-state index contributed by atoms with van der Waals surface area (Å²) in [6.07, 6.45) is 0. The molecule has 2 rings (SSSR count). The first-order chi connectivity index (χ1) is 9.29. The van der Waals surface area contributed by atoms with E-state index in [-0.39, 0.29) is 22.0 Å². The van der Waals surface area contributed by atoms with Crippen LogP contribution < -0.4 is 0 Å². The van der Waals surface area contributed by atoms with Crippen molar-refractivity contribution in [2.45, 2.75) is 17.6 Å². The van der Waals surface area contributed by atoms with Gasteiger partial charge >= 0.3 is 5.97 Å². The van der Waals surface area contributed by atoms with Crippen LogP contribution in [0, 0.1) is 12.7 Å². The lowest BCUT2D eigenvalue weighted by Gasteiger charge is -2.03. The summed E-state index contributed by atoms with van der Waals surface area (Å²) >= 11 is 0. The molecule has 0 radical (unpaired) electrons. The van der Waals surface area contributed by atoms with Gasteiger partial charge < -0.3 is 9.52 Å². The second kappa shape index (κ2) is 5.09.